The molecule has 40 heavy (non-hydrogen) atoms. The van der Waals surface area contributed by atoms with Gasteiger partial charge in [0.05, 0.1) is 37.5 Å². The molecule has 1 unspecified atom stereocenters. The second-order valence-corrected chi connectivity index (χ2v) is 10.7. The minimum atomic E-state index is -0.879. The predicted molar refractivity (Wildman–Crippen MR) is 156 cm³/mol. The quantitative estimate of drug-likeness (QED) is 0.193. The second-order valence-electron chi connectivity index (χ2n) is 10.7. The van der Waals surface area contributed by atoms with Gasteiger partial charge in [-0.25, -0.2) is 0 Å². The van der Waals surface area contributed by atoms with Crippen molar-refractivity contribution in [2.24, 2.45) is 0 Å². The zero-order chi connectivity index (χ0) is 29.2. The summed E-state index contributed by atoms with van der Waals surface area (Å²) in [6, 6.07) is 17.4. The van der Waals surface area contributed by atoms with Gasteiger partial charge in [-0.3, -0.25) is 14.5 Å². The van der Waals surface area contributed by atoms with E-state index in [1.165, 1.54) is 12.0 Å². The molecular formula is C33H37NO6. The standard InChI is InChI=1S/C33H37NO6/c1-8-39-26-16-14-23(19-27(26)40-9-2)34-29(21-12-10-11-20(3)17-21)28(31(36)32(34)37)30(35)24-18-22(33(4,5)6)13-15-25(24)38-7/h10-19,29,35H,8-9H2,1-7H3/b30-28+. The Labute approximate surface area is 236 Å². The van der Waals surface area contributed by atoms with Crippen LogP contribution in [0.1, 0.15) is 62.9 Å². The first kappa shape index (κ1) is 28.7. The Balaban J connectivity index is 1.98. The summed E-state index contributed by atoms with van der Waals surface area (Å²) in [4.78, 5) is 28.9. The van der Waals surface area contributed by atoms with E-state index in [1.54, 1.807) is 24.3 Å². The van der Waals surface area contributed by atoms with Gasteiger partial charge in [0.15, 0.2) is 11.5 Å². The molecule has 1 N–H and O–H groups in total. The van der Waals surface area contributed by atoms with Crippen molar-refractivity contribution >= 4 is 23.1 Å². The third kappa shape index (κ3) is 5.41. The Morgan fingerprint density at radius 1 is 0.900 bits per heavy atom. The van der Waals surface area contributed by atoms with E-state index in [0.29, 0.717) is 47.3 Å². The van der Waals surface area contributed by atoms with Crippen LogP contribution in [0.5, 0.6) is 17.2 Å². The molecule has 1 atom stereocenters. The summed E-state index contributed by atoms with van der Waals surface area (Å²) in [7, 11) is 1.51. The molecule has 3 aromatic carbocycles. The smallest absolute Gasteiger partial charge is 0.300 e. The van der Waals surface area contributed by atoms with Crippen molar-refractivity contribution < 1.29 is 28.9 Å². The molecule has 1 heterocycles. The van der Waals surface area contributed by atoms with Gasteiger partial charge in [0.25, 0.3) is 11.7 Å². The molecule has 7 nitrogen and oxygen atoms in total. The van der Waals surface area contributed by atoms with Crippen molar-refractivity contribution in [2.75, 3.05) is 25.2 Å². The number of aliphatic hydroxyl groups excluding tert-OH is 1. The summed E-state index contributed by atoms with van der Waals surface area (Å²) in [5.74, 6) is -0.401. The van der Waals surface area contributed by atoms with Crippen molar-refractivity contribution in [3.63, 3.8) is 0 Å². The molecule has 0 aliphatic carbocycles. The van der Waals surface area contributed by atoms with Crippen molar-refractivity contribution in [1.82, 2.24) is 0 Å². The summed E-state index contributed by atoms with van der Waals surface area (Å²) < 4.78 is 17.1. The molecule has 1 aliphatic rings. The zero-order valence-electron chi connectivity index (χ0n) is 24.2. The van der Waals surface area contributed by atoms with Gasteiger partial charge in [0.2, 0.25) is 0 Å². The van der Waals surface area contributed by atoms with Crippen molar-refractivity contribution in [3.05, 3.63) is 88.5 Å². The number of carbonyl (C=O) groups is 2. The number of aliphatic hydroxyl groups is 1. The lowest BCUT2D eigenvalue weighted by Crippen LogP contribution is -2.29. The van der Waals surface area contributed by atoms with Gasteiger partial charge in [-0.1, -0.05) is 56.7 Å². The molecule has 1 saturated heterocycles. The number of hydrogen-bond donors (Lipinski definition) is 1. The highest BCUT2D eigenvalue weighted by atomic mass is 16.5. The highest BCUT2D eigenvalue weighted by Crippen LogP contribution is 2.45. The summed E-state index contributed by atoms with van der Waals surface area (Å²) >= 11 is 0. The van der Waals surface area contributed by atoms with E-state index in [0.717, 1.165) is 11.1 Å². The number of nitrogens with zero attached hydrogens (tertiary/aromatic N) is 1. The molecule has 0 radical (unpaired) electrons. The molecule has 4 rings (SSSR count). The lowest BCUT2D eigenvalue weighted by Gasteiger charge is -2.27. The van der Waals surface area contributed by atoms with Gasteiger partial charge in [-0.05, 0) is 61.6 Å². The van der Waals surface area contributed by atoms with Crippen LogP contribution in [0.25, 0.3) is 5.76 Å². The summed E-state index contributed by atoms with van der Waals surface area (Å²) in [5, 5.41) is 11.8. The number of ether oxygens (including phenoxy) is 3. The summed E-state index contributed by atoms with van der Waals surface area (Å²) in [5.41, 5.74) is 3.18. The number of methoxy groups -OCH3 is 1. The largest absolute Gasteiger partial charge is 0.507 e. The third-order valence-electron chi connectivity index (χ3n) is 6.93. The SMILES string of the molecule is CCOc1ccc(N2C(=O)C(=O)/C(=C(/O)c3cc(C(C)(C)C)ccc3OC)C2c2cccc(C)c2)cc1OCC. The van der Waals surface area contributed by atoms with Crippen LogP contribution in [0.3, 0.4) is 0 Å². The van der Waals surface area contributed by atoms with Crippen LogP contribution in [0.15, 0.2) is 66.2 Å². The minimum Gasteiger partial charge on any atom is -0.507 e. The molecule has 1 amide bonds. The minimum absolute atomic E-state index is 0.00759. The van der Waals surface area contributed by atoms with Crippen molar-refractivity contribution in [1.29, 1.82) is 0 Å². The maximum Gasteiger partial charge on any atom is 0.300 e. The van der Waals surface area contributed by atoms with Gasteiger partial charge in [-0.15, -0.1) is 0 Å². The number of rotatable bonds is 8. The van der Waals surface area contributed by atoms with Crippen LogP contribution >= 0.6 is 0 Å². The molecule has 210 valence electrons. The summed E-state index contributed by atoms with van der Waals surface area (Å²) in [6.07, 6.45) is 0. The molecule has 0 saturated carbocycles. The maximum atomic E-state index is 13.7. The molecule has 1 fully saturated rings. The number of anilines is 1. The molecular weight excluding hydrogens is 506 g/mol. The first-order valence-corrected chi connectivity index (χ1v) is 13.5. The molecule has 1 aliphatic heterocycles. The number of carbonyl (C=O) groups excluding carboxylic acids is 2. The van der Waals surface area contributed by atoms with Crippen LogP contribution in [0.2, 0.25) is 0 Å². The van der Waals surface area contributed by atoms with Crippen molar-refractivity contribution in [3.8, 4) is 17.2 Å². The Kier molecular flexibility index (Phi) is 8.24. The molecule has 0 bridgehead atoms. The number of Topliss-reactive ketones (excluding diaryl/α,β-unsaturated/α-hetero) is 1. The van der Waals surface area contributed by atoms with Crippen LogP contribution < -0.4 is 19.1 Å². The van der Waals surface area contributed by atoms with Gasteiger partial charge in [-0.2, -0.15) is 0 Å². The topological polar surface area (TPSA) is 85.3 Å². The van der Waals surface area contributed by atoms with E-state index in [9.17, 15) is 14.7 Å². The predicted octanol–water partition coefficient (Wildman–Crippen LogP) is 6.72. The average molecular weight is 544 g/mol. The van der Waals surface area contributed by atoms with E-state index in [-0.39, 0.29) is 16.7 Å². The first-order valence-electron chi connectivity index (χ1n) is 13.5. The lowest BCUT2D eigenvalue weighted by molar-refractivity contribution is -0.132. The number of aryl methyl sites for hydroxylation is 1. The van der Waals surface area contributed by atoms with Crippen molar-refractivity contribution in [2.45, 2.75) is 53.0 Å². The Morgan fingerprint density at radius 3 is 2.20 bits per heavy atom. The number of benzene rings is 3. The lowest BCUT2D eigenvalue weighted by atomic mass is 9.85. The fourth-order valence-electron chi connectivity index (χ4n) is 4.95. The molecule has 3 aromatic rings. The van der Waals surface area contributed by atoms with Crippen LogP contribution in [0.4, 0.5) is 5.69 Å². The van der Waals surface area contributed by atoms with E-state index in [2.05, 4.69) is 20.8 Å². The molecule has 7 heteroatoms. The van der Waals surface area contributed by atoms with Crippen LogP contribution in [-0.2, 0) is 15.0 Å². The monoisotopic (exact) mass is 543 g/mol. The highest BCUT2D eigenvalue weighted by Gasteiger charge is 2.47. The van der Waals surface area contributed by atoms with Gasteiger partial charge >= 0.3 is 0 Å². The first-order chi connectivity index (χ1) is 19.0. The maximum absolute atomic E-state index is 13.7. The highest BCUT2D eigenvalue weighted by molar-refractivity contribution is 6.51. The Bertz CT molecular complexity index is 1470. The fraction of sp³-hybridized carbons (Fsp3) is 0.333. The average Bonchev–Trinajstić information content (AvgIpc) is 3.18. The number of hydrogen-bond acceptors (Lipinski definition) is 6. The normalized spacial score (nSPS) is 16.8. The third-order valence-corrected chi connectivity index (χ3v) is 6.93. The number of amides is 1. The van der Waals surface area contributed by atoms with Gasteiger partial charge in [0, 0.05) is 11.8 Å². The van der Waals surface area contributed by atoms with Crippen LogP contribution in [-0.4, -0.2) is 37.1 Å². The van der Waals surface area contributed by atoms with E-state index < -0.39 is 17.7 Å². The Hall–Kier alpha value is -4.26. The second kappa shape index (κ2) is 11.5. The van der Waals surface area contributed by atoms with Gasteiger partial charge < -0.3 is 19.3 Å². The van der Waals surface area contributed by atoms with E-state index in [4.69, 9.17) is 14.2 Å². The Morgan fingerprint density at radius 2 is 1.57 bits per heavy atom. The fourth-order valence-corrected chi connectivity index (χ4v) is 4.95. The van der Waals surface area contributed by atoms with E-state index >= 15 is 0 Å². The van der Waals surface area contributed by atoms with E-state index in [1.807, 2.05) is 57.2 Å². The molecule has 0 aromatic heterocycles. The number of ketones is 1. The van der Waals surface area contributed by atoms with Crippen LogP contribution in [0, 0.1) is 6.92 Å². The zero-order valence-corrected chi connectivity index (χ0v) is 24.2. The summed E-state index contributed by atoms with van der Waals surface area (Å²) in [6.45, 7) is 12.7. The molecule has 0 spiro atoms. The van der Waals surface area contributed by atoms with Gasteiger partial charge in [0.1, 0.15) is 11.5 Å².